The Morgan fingerprint density at radius 2 is 1.26 bits per heavy atom. The summed E-state index contributed by atoms with van der Waals surface area (Å²) in [6, 6.07) is 30.8. The fourth-order valence-electron chi connectivity index (χ4n) is 7.31. The SMILES string of the molecule is O=C(O)C(=O)OC12CC3CC(C1)C(c1ccc([SH](c4ccccc4)c4ccccc4)cc1)C(C3)C2. The van der Waals surface area contributed by atoms with Crippen molar-refractivity contribution in [1.29, 1.82) is 0 Å². The third kappa shape index (κ3) is 4.16. The Bertz CT molecular complexity index is 1170. The highest BCUT2D eigenvalue weighted by Crippen LogP contribution is 2.62. The number of benzene rings is 3. The van der Waals surface area contributed by atoms with E-state index in [4.69, 9.17) is 9.84 Å². The van der Waals surface area contributed by atoms with E-state index in [0.29, 0.717) is 23.7 Å². The van der Waals surface area contributed by atoms with Crippen LogP contribution in [0.5, 0.6) is 0 Å². The summed E-state index contributed by atoms with van der Waals surface area (Å²) in [5.74, 6) is -0.702. The van der Waals surface area contributed by atoms with Crippen LogP contribution in [0, 0.1) is 17.8 Å². The molecule has 4 nitrogen and oxygen atoms in total. The van der Waals surface area contributed by atoms with Crippen LogP contribution in [0.25, 0.3) is 0 Å². The number of aliphatic carboxylic acids is 1. The molecule has 0 saturated heterocycles. The second-order valence-corrected chi connectivity index (χ2v) is 12.7. The van der Waals surface area contributed by atoms with Crippen LogP contribution >= 0.6 is 10.9 Å². The summed E-state index contributed by atoms with van der Waals surface area (Å²) < 4.78 is 5.61. The fraction of sp³-hybridized carbons (Fsp3) is 0.333. The largest absolute Gasteiger partial charge is 0.473 e. The summed E-state index contributed by atoms with van der Waals surface area (Å²) in [6.45, 7) is 0. The van der Waals surface area contributed by atoms with Crippen molar-refractivity contribution >= 4 is 22.8 Å². The Kier molecular flexibility index (Phi) is 5.68. The van der Waals surface area contributed by atoms with Gasteiger partial charge in [0.15, 0.2) is 0 Å². The van der Waals surface area contributed by atoms with E-state index in [-0.39, 0.29) is 0 Å². The van der Waals surface area contributed by atoms with Gasteiger partial charge in [0.1, 0.15) is 5.60 Å². The molecule has 0 radical (unpaired) electrons. The molecule has 1 N–H and O–H groups in total. The highest BCUT2D eigenvalue weighted by atomic mass is 32.2. The van der Waals surface area contributed by atoms with Gasteiger partial charge in [-0.05, 0) is 112 Å². The minimum absolute atomic E-state index is 0.443. The van der Waals surface area contributed by atoms with Gasteiger partial charge in [-0.15, -0.1) is 0 Å². The molecular weight excluding hydrogens is 456 g/mol. The van der Waals surface area contributed by atoms with Crippen LogP contribution in [0.4, 0.5) is 0 Å². The lowest BCUT2D eigenvalue weighted by Crippen LogP contribution is -2.56. The molecule has 0 aliphatic heterocycles. The van der Waals surface area contributed by atoms with Crippen molar-refractivity contribution < 1.29 is 19.4 Å². The van der Waals surface area contributed by atoms with Crippen molar-refractivity contribution in [3.8, 4) is 0 Å². The van der Waals surface area contributed by atoms with Crippen LogP contribution in [0.15, 0.2) is 99.6 Å². The molecule has 2 atom stereocenters. The minimum atomic E-state index is -1.48. The summed E-state index contributed by atoms with van der Waals surface area (Å²) in [4.78, 5) is 27.1. The Morgan fingerprint density at radius 3 is 1.77 bits per heavy atom. The summed E-state index contributed by atoms with van der Waals surface area (Å²) >= 11 is 0. The van der Waals surface area contributed by atoms with Gasteiger partial charge in [0.25, 0.3) is 0 Å². The normalized spacial score (nSPS) is 29.0. The van der Waals surface area contributed by atoms with Crippen molar-refractivity contribution in [2.45, 2.75) is 58.3 Å². The van der Waals surface area contributed by atoms with Crippen LogP contribution in [0.3, 0.4) is 0 Å². The number of carboxylic acid groups (broad SMARTS) is 1. The van der Waals surface area contributed by atoms with E-state index >= 15 is 0 Å². The number of carbonyl (C=O) groups excluding carboxylic acids is 1. The first-order valence-electron chi connectivity index (χ1n) is 12.5. The molecule has 7 rings (SSSR count). The Balaban J connectivity index is 1.28. The van der Waals surface area contributed by atoms with E-state index in [9.17, 15) is 9.59 Å². The molecule has 3 aromatic rings. The second-order valence-electron chi connectivity index (χ2n) is 10.5. The van der Waals surface area contributed by atoms with Gasteiger partial charge in [0.2, 0.25) is 0 Å². The monoisotopic (exact) mass is 486 g/mol. The minimum Gasteiger partial charge on any atom is -0.473 e. The summed E-state index contributed by atoms with van der Waals surface area (Å²) in [5.41, 5.74) is 0.801. The quantitative estimate of drug-likeness (QED) is 0.247. The number of hydrogen-bond donors (Lipinski definition) is 2. The number of rotatable bonds is 5. The average molecular weight is 487 g/mol. The zero-order chi connectivity index (χ0) is 24.0. The smallest absolute Gasteiger partial charge is 0.417 e. The summed E-state index contributed by atoms with van der Waals surface area (Å²) in [5, 5.41) is 9.08. The predicted octanol–water partition coefficient (Wildman–Crippen LogP) is 6.46. The van der Waals surface area contributed by atoms with E-state index in [1.54, 1.807) is 0 Å². The molecular formula is C30H30O4S. The first kappa shape index (κ1) is 22.4. The molecule has 4 saturated carbocycles. The van der Waals surface area contributed by atoms with Crippen molar-refractivity contribution in [3.63, 3.8) is 0 Å². The highest BCUT2D eigenvalue weighted by molar-refractivity contribution is 8.17. The van der Waals surface area contributed by atoms with Crippen molar-refractivity contribution in [2.24, 2.45) is 17.8 Å². The van der Waals surface area contributed by atoms with Crippen LogP contribution in [0.1, 0.15) is 43.6 Å². The topological polar surface area (TPSA) is 63.6 Å². The highest BCUT2D eigenvalue weighted by Gasteiger charge is 2.57. The molecule has 180 valence electrons. The average Bonchev–Trinajstić information content (AvgIpc) is 2.85. The zero-order valence-corrected chi connectivity index (χ0v) is 20.4. The first-order valence-corrected chi connectivity index (χ1v) is 13.8. The number of hydrogen-bond acceptors (Lipinski definition) is 3. The van der Waals surface area contributed by atoms with E-state index in [0.717, 1.165) is 32.1 Å². The Labute approximate surface area is 208 Å². The lowest BCUT2D eigenvalue weighted by Gasteiger charge is -2.59. The summed E-state index contributed by atoms with van der Waals surface area (Å²) in [6.07, 6.45) is 4.69. The fourth-order valence-corrected chi connectivity index (χ4v) is 9.59. The van der Waals surface area contributed by atoms with Crippen molar-refractivity contribution in [1.82, 2.24) is 0 Å². The lowest BCUT2D eigenvalue weighted by molar-refractivity contribution is -0.196. The third-order valence-electron chi connectivity index (χ3n) is 8.27. The number of carbonyl (C=O) groups is 2. The van der Waals surface area contributed by atoms with Crippen molar-refractivity contribution in [3.05, 3.63) is 90.5 Å². The van der Waals surface area contributed by atoms with Gasteiger partial charge in [-0.2, -0.15) is 10.9 Å². The maximum atomic E-state index is 11.9. The van der Waals surface area contributed by atoms with Crippen molar-refractivity contribution in [2.75, 3.05) is 0 Å². The predicted molar refractivity (Wildman–Crippen MR) is 136 cm³/mol. The molecule has 4 bridgehead atoms. The maximum Gasteiger partial charge on any atom is 0.417 e. The number of thiol groups is 1. The Hall–Kier alpha value is -3.05. The first-order chi connectivity index (χ1) is 17.0. The molecule has 0 amide bonds. The van der Waals surface area contributed by atoms with Crippen LogP contribution in [0.2, 0.25) is 0 Å². The van der Waals surface area contributed by atoms with Crippen LogP contribution in [-0.2, 0) is 14.3 Å². The molecule has 0 aromatic heterocycles. The molecule has 4 aliphatic carbocycles. The lowest BCUT2D eigenvalue weighted by atomic mass is 9.49. The van der Waals surface area contributed by atoms with Gasteiger partial charge in [-0.3, -0.25) is 0 Å². The zero-order valence-electron chi connectivity index (χ0n) is 19.5. The molecule has 4 fully saturated rings. The molecule has 2 unspecified atom stereocenters. The second kappa shape index (κ2) is 8.87. The van der Waals surface area contributed by atoms with E-state index in [1.165, 1.54) is 20.2 Å². The molecule has 0 heterocycles. The van der Waals surface area contributed by atoms with Gasteiger partial charge in [0.05, 0.1) is 0 Å². The number of ether oxygens (including phenoxy) is 1. The van der Waals surface area contributed by atoms with Gasteiger partial charge in [0, 0.05) is 0 Å². The summed E-state index contributed by atoms with van der Waals surface area (Å²) in [7, 11) is -0.625. The van der Waals surface area contributed by atoms with E-state index in [2.05, 4.69) is 84.9 Å². The van der Waals surface area contributed by atoms with E-state index in [1.807, 2.05) is 0 Å². The maximum absolute atomic E-state index is 11.9. The molecule has 3 aromatic carbocycles. The molecule has 4 aliphatic rings. The van der Waals surface area contributed by atoms with Gasteiger partial charge < -0.3 is 9.84 Å². The Morgan fingerprint density at radius 1 is 0.743 bits per heavy atom. The van der Waals surface area contributed by atoms with Crippen LogP contribution in [-0.4, -0.2) is 22.6 Å². The standard InChI is InChI=1S/C30H30O4S/c31-28(32)29(33)34-30-17-20-15-22(18-30)27(23(16-20)19-30)21-11-13-26(14-12-21)35(24-7-3-1-4-8-24)25-9-5-2-6-10-25/h1-14,20,22-23,27,35H,15-19H2,(H,31,32). The van der Waals surface area contributed by atoms with Gasteiger partial charge in [-0.25, -0.2) is 9.59 Å². The van der Waals surface area contributed by atoms with Gasteiger partial charge >= 0.3 is 11.9 Å². The van der Waals surface area contributed by atoms with Crippen LogP contribution < -0.4 is 0 Å². The number of esters is 1. The molecule has 0 spiro atoms. The molecule has 5 heteroatoms. The third-order valence-corrected chi connectivity index (χ3v) is 10.7. The molecule has 35 heavy (non-hydrogen) atoms. The van der Waals surface area contributed by atoms with E-state index < -0.39 is 28.4 Å². The number of carboxylic acids is 1. The van der Waals surface area contributed by atoms with Gasteiger partial charge in [-0.1, -0.05) is 48.5 Å².